The van der Waals surface area contributed by atoms with Crippen LogP contribution < -0.4 is 10.6 Å². The van der Waals surface area contributed by atoms with E-state index in [1.165, 1.54) is 0 Å². The second-order valence-corrected chi connectivity index (χ2v) is 10.9. The number of halogens is 3. The minimum Gasteiger partial charge on any atom is -0.479 e. The van der Waals surface area contributed by atoms with Crippen molar-refractivity contribution >= 4 is 18.0 Å². The number of nitrogens with one attached hydrogen (secondary N) is 2. The Morgan fingerprint density at radius 2 is 1.52 bits per heavy atom. The molecule has 3 aromatic carbocycles. The molecule has 0 spiro atoms. The maximum Gasteiger partial charge on any atom is 0.422 e. The lowest BCUT2D eigenvalue weighted by atomic mass is 9.93. The van der Waals surface area contributed by atoms with E-state index < -0.39 is 35.2 Å². The molecule has 2 amide bonds. The number of carbonyl (C=O) groups is 3. The highest BCUT2D eigenvalue weighted by Crippen LogP contribution is 2.44. The second kappa shape index (κ2) is 11.1. The Hall–Kier alpha value is -4.38. The van der Waals surface area contributed by atoms with E-state index in [4.69, 9.17) is 4.74 Å². The van der Waals surface area contributed by atoms with Crippen LogP contribution in [0.4, 0.5) is 18.0 Å². The van der Waals surface area contributed by atoms with Crippen LogP contribution in [0.25, 0.3) is 11.1 Å². The van der Waals surface area contributed by atoms with E-state index in [2.05, 4.69) is 5.32 Å². The van der Waals surface area contributed by atoms with Gasteiger partial charge in [-0.05, 0) is 41.2 Å². The Morgan fingerprint density at radius 3 is 2.10 bits per heavy atom. The van der Waals surface area contributed by atoms with Crippen LogP contribution >= 0.6 is 0 Å². The second-order valence-electron chi connectivity index (χ2n) is 10.9. The molecule has 11 heteroatoms. The third-order valence-electron chi connectivity index (χ3n) is 8.08. The first-order valence-corrected chi connectivity index (χ1v) is 13.5. The van der Waals surface area contributed by atoms with Crippen molar-refractivity contribution in [2.24, 2.45) is 0 Å². The summed E-state index contributed by atoms with van der Waals surface area (Å²) in [4.78, 5) is 40.1. The van der Waals surface area contributed by atoms with Crippen LogP contribution in [-0.4, -0.2) is 64.9 Å². The number of ether oxygens (including phenoxy) is 1. The van der Waals surface area contributed by atoms with Gasteiger partial charge in [0.15, 0.2) is 0 Å². The number of amides is 2. The molecule has 0 aromatic heterocycles. The molecule has 2 unspecified atom stereocenters. The molecule has 0 bridgehead atoms. The number of nitrogens with zero attached hydrogens (tertiary/aromatic N) is 1. The van der Waals surface area contributed by atoms with Gasteiger partial charge in [-0.25, -0.2) is 9.59 Å². The zero-order valence-corrected chi connectivity index (χ0v) is 22.8. The highest BCUT2D eigenvalue weighted by molar-refractivity contribution is 5.95. The third kappa shape index (κ3) is 5.44. The number of benzene rings is 3. The largest absolute Gasteiger partial charge is 0.479 e. The first-order valence-electron chi connectivity index (χ1n) is 13.5. The SMILES string of the molecule is CC(NC(=O)C1(NC(=O)OCC2c3ccccc3-c3ccccc32)CCN(Cc2ccccc2)C1)(C(=O)O)C(F)(F)F. The average molecular weight is 582 g/mol. The molecule has 8 nitrogen and oxygen atoms in total. The summed E-state index contributed by atoms with van der Waals surface area (Å²) >= 11 is 0. The fraction of sp³-hybridized carbons (Fsp3) is 0.323. The third-order valence-corrected chi connectivity index (χ3v) is 8.08. The van der Waals surface area contributed by atoms with Crippen molar-refractivity contribution in [1.82, 2.24) is 15.5 Å². The van der Waals surface area contributed by atoms with E-state index in [0.29, 0.717) is 13.5 Å². The molecule has 42 heavy (non-hydrogen) atoms. The highest BCUT2D eigenvalue weighted by Gasteiger charge is 2.60. The number of aliphatic carboxylic acids is 1. The normalized spacial score (nSPS) is 19.8. The van der Waals surface area contributed by atoms with Gasteiger partial charge < -0.3 is 20.5 Å². The van der Waals surface area contributed by atoms with Gasteiger partial charge in [0.05, 0.1) is 0 Å². The zero-order valence-electron chi connectivity index (χ0n) is 22.8. The van der Waals surface area contributed by atoms with Gasteiger partial charge in [-0.1, -0.05) is 78.9 Å². The van der Waals surface area contributed by atoms with Crippen molar-refractivity contribution in [3.63, 3.8) is 0 Å². The Labute approximate surface area is 240 Å². The molecule has 1 heterocycles. The summed E-state index contributed by atoms with van der Waals surface area (Å²) in [5.41, 5.74) is -0.546. The topological polar surface area (TPSA) is 108 Å². The number of alkyl halides is 3. The van der Waals surface area contributed by atoms with Crippen molar-refractivity contribution in [3.8, 4) is 11.1 Å². The first kappa shape index (κ1) is 29.1. The van der Waals surface area contributed by atoms with Gasteiger partial charge in [0.2, 0.25) is 11.4 Å². The van der Waals surface area contributed by atoms with E-state index in [-0.39, 0.29) is 32.0 Å². The van der Waals surface area contributed by atoms with Gasteiger partial charge in [0, 0.05) is 25.6 Å². The minimum absolute atomic E-state index is 0.0522. The number of hydrogen-bond donors (Lipinski definition) is 3. The predicted molar refractivity (Wildman–Crippen MR) is 148 cm³/mol. The number of hydrogen-bond acceptors (Lipinski definition) is 5. The molecule has 2 atom stereocenters. The van der Waals surface area contributed by atoms with Crippen LogP contribution in [0.5, 0.6) is 0 Å². The van der Waals surface area contributed by atoms with Crippen molar-refractivity contribution < 1.29 is 37.4 Å². The maximum absolute atomic E-state index is 13.8. The number of likely N-dealkylation sites (tertiary alicyclic amines) is 1. The zero-order chi connectivity index (χ0) is 30.1. The summed E-state index contributed by atoms with van der Waals surface area (Å²) in [5, 5.41) is 13.6. The summed E-state index contributed by atoms with van der Waals surface area (Å²) in [5.74, 6) is -3.79. The Bertz CT molecular complexity index is 1450. The fourth-order valence-electron chi connectivity index (χ4n) is 5.63. The van der Waals surface area contributed by atoms with Crippen LogP contribution in [0.2, 0.25) is 0 Å². The van der Waals surface area contributed by atoms with E-state index in [9.17, 15) is 32.7 Å². The summed E-state index contributed by atoms with van der Waals surface area (Å²) in [6.07, 6.45) is -6.33. The molecule has 1 aliphatic carbocycles. The molecular weight excluding hydrogens is 551 g/mol. The van der Waals surface area contributed by atoms with Crippen molar-refractivity contribution in [1.29, 1.82) is 0 Å². The predicted octanol–water partition coefficient (Wildman–Crippen LogP) is 4.69. The van der Waals surface area contributed by atoms with Crippen LogP contribution in [0, 0.1) is 0 Å². The number of rotatable bonds is 8. The molecule has 3 aromatic rings. The minimum atomic E-state index is -5.29. The molecule has 0 radical (unpaired) electrons. The van der Waals surface area contributed by atoms with Gasteiger partial charge >= 0.3 is 18.2 Å². The molecular formula is C31H30F3N3O5. The molecule has 1 aliphatic heterocycles. The molecule has 0 saturated carbocycles. The lowest BCUT2D eigenvalue weighted by Crippen LogP contribution is -2.69. The lowest BCUT2D eigenvalue weighted by molar-refractivity contribution is -0.207. The van der Waals surface area contributed by atoms with Gasteiger partial charge in [-0.3, -0.25) is 9.69 Å². The van der Waals surface area contributed by atoms with Crippen molar-refractivity contribution in [2.75, 3.05) is 19.7 Å². The van der Waals surface area contributed by atoms with Crippen LogP contribution in [0.15, 0.2) is 78.9 Å². The smallest absolute Gasteiger partial charge is 0.422 e. The standard InChI is InChI=1S/C31H30F3N3O5/c1-29(27(39)40,31(32,33)34)35-26(38)30(15-16-37(19-30)17-20-9-3-2-4-10-20)36-28(41)42-18-25-23-13-7-5-11-21(23)22-12-6-8-14-24(22)25/h2-14,25H,15-19H2,1H3,(H,35,38)(H,36,41)(H,39,40). The Balaban J connectivity index is 1.36. The number of carboxylic acid groups (broad SMARTS) is 1. The Kier molecular flexibility index (Phi) is 7.72. The van der Waals surface area contributed by atoms with Crippen LogP contribution in [0.3, 0.4) is 0 Å². The Morgan fingerprint density at radius 1 is 0.952 bits per heavy atom. The molecule has 1 fully saturated rings. The van der Waals surface area contributed by atoms with Crippen molar-refractivity contribution in [2.45, 2.75) is 43.1 Å². The van der Waals surface area contributed by atoms with E-state index in [1.807, 2.05) is 83.8 Å². The molecule has 1 saturated heterocycles. The summed E-state index contributed by atoms with van der Waals surface area (Å²) in [6, 6.07) is 24.7. The number of fused-ring (bicyclic) bond motifs is 3. The molecule has 3 N–H and O–H groups in total. The van der Waals surface area contributed by atoms with Gasteiger partial charge in [-0.2, -0.15) is 13.2 Å². The van der Waals surface area contributed by atoms with Crippen LogP contribution in [0.1, 0.15) is 36.0 Å². The van der Waals surface area contributed by atoms with Gasteiger partial charge in [0.25, 0.3) is 0 Å². The number of alkyl carbamates (subject to hydrolysis) is 1. The van der Waals surface area contributed by atoms with Gasteiger partial charge in [0.1, 0.15) is 12.1 Å². The van der Waals surface area contributed by atoms with Crippen molar-refractivity contribution in [3.05, 3.63) is 95.6 Å². The first-order chi connectivity index (χ1) is 19.9. The monoisotopic (exact) mass is 581 g/mol. The maximum atomic E-state index is 13.8. The van der Waals surface area contributed by atoms with Crippen LogP contribution in [-0.2, 0) is 20.9 Å². The summed E-state index contributed by atoms with van der Waals surface area (Å²) in [7, 11) is 0. The number of carbonyl (C=O) groups excluding carboxylic acids is 2. The van der Waals surface area contributed by atoms with Gasteiger partial charge in [-0.15, -0.1) is 0 Å². The quantitative estimate of drug-likeness (QED) is 0.356. The molecule has 2 aliphatic rings. The fourth-order valence-corrected chi connectivity index (χ4v) is 5.63. The highest BCUT2D eigenvalue weighted by atomic mass is 19.4. The average Bonchev–Trinajstić information content (AvgIpc) is 3.51. The summed E-state index contributed by atoms with van der Waals surface area (Å²) in [6.45, 7) is 0.802. The molecule has 220 valence electrons. The number of carboxylic acids is 1. The van der Waals surface area contributed by atoms with E-state index in [0.717, 1.165) is 27.8 Å². The lowest BCUT2D eigenvalue weighted by Gasteiger charge is -2.35. The van der Waals surface area contributed by atoms with E-state index in [1.54, 1.807) is 5.32 Å². The molecule has 5 rings (SSSR count). The summed E-state index contributed by atoms with van der Waals surface area (Å²) < 4.78 is 46.9. The van der Waals surface area contributed by atoms with E-state index >= 15 is 0 Å².